The Hall–Kier alpha value is -3.15. The first-order chi connectivity index (χ1) is 17.2. The van der Waals surface area contributed by atoms with Crippen molar-refractivity contribution in [3.8, 4) is 11.5 Å². The lowest BCUT2D eigenvalue weighted by atomic mass is 9.94. The zero-order valence-electron chi connectivity index (χ0n) is 20.4. The third-order valence-corrected chi connectivity index (χ3v) is 7.15. The van der Waals surface area contributed by atoms with Gasteiger partial charge in [0.25, 0.3) is 0 Å². The van der Waals surface area contributed by atoms with Gasteiger partial charge < -0.3 is 9.64 Å². The van der Waals surface area contributed by atoms with Crippen LogP contribution in [0.15, 0.2) is 84.9 Å². The summed E-state index contributed by atoms with van der Waals surface area (Å²) >= 11 is 0. The van der Waals surface area contributed by atoms with Crippen molar-refractivity contribution in [2.45, 2.75) is 25.9 Å². The number of hydrogen-bond acceptors (Lipinski definition) is 4. The molecule has 2 aliphatic rings. The molecule has 0 spiro atoms. The zero-order valence-corrected chi connectivity index (χ0v) is 20.4. The minimum Gasteiger partial charge on any atom is -0.457 e. The summed E-state index contributed by atoms with van der Waals surface area (Å²) in [6, 6.07) is 28.8. The van der Waals surface area contributed by atoms with Gasteiger partial charge in [-0.1, -0.05) is 60.7 Å². The number of ether oxygens (including phenoxy) is 1. The van der Waals surface area contributed by atoms with Crippen molar-refractivity contribution in [1.29, 1.82) is 0 Å². The number of carbonyl (C=O) groups excluding carboxylic acids is 1. The van der Waals surface area contributed by atoms with Gasteiger partial charge in [-0.3, -0.25) is 14.6 Å². The normalized spacial score (nSPS) is 17.9. The molecule has 2 fully saturated rings. The predicted molar refractivity (Wildman–Crippen MR) is 139 cm³/mol. The SMILES string of the molecule is O=C(C1CCN(Cc2cccc(Oc3ccccc3)c2)CC1)N1CCN(Cc2ccccc2)CC1. The molecule has 5 rings (SSSR count). The molecule has 1 amide bonds. The molecule has 5 heteroatoms. The third-order valence-electron chi connectivity index (χ3n) is 7.15. The van der Waals surface area contributed by atoms with Crippen molar-refractivity contribution in [2.75, 3.05) is 39.3 Å². The number of nitrogens with zero attached hydrogens (tertiary/aromatic N) is 3. The maximum atomic E-state index is 13.2. The first kappa shape index (κ1) is 23.6. The molecule has 0 radical (unpaired) electrons. The fourth-order valence-corrected chi connectivity index (χ4v) is 5.15. The molecule has 0 aromatic heterocycles. The molecule has 0 aliphatic carbocycles. The minimum absolute atomic E-state index is 0.166. The Morgan fingerprint density at radius 2 is 1.23 bits per heavy atom. The van der Waals surface area contributed by atoms with Gasteiger partial charge in [-0.05, 0) is 61.3 Å². The number of rotatable bonds is 7. The van der Waals surface area contributed by atoms with E-state index in [-0.39, 0.29) is 5.92 Å². The summed E-state index contributed by atoms with van der Waals surface area (Å²) < 4.78 is 5.99. The van der Waals surface area contributed by atoms with Gasteiger partial charge >= 0.3 is 0 Å². The lowest BCUT2D eigenvalue weighted by Gasteiger charge is -2.38. The molecule has 35 heavy (non-hydrogen) atoms. The number of para-hydroxylation sites is 1. The van der Waals surface area contributed by atoms with Crippen LogP contribution in [0, 0.1) is 5.92 Å². The van der Waals surface area contributed by atoms with Crippen LogP contribution in [0.5, 0.6) is 11.5 Å². The van der Waals surface area contributed by atoms with Crippen molar-refractivity contribution >= 4 is 5.91 Å². The summed E-state index contributed by atoms with van der Waals surface area (Å²) in [5, 5.41) is 0. The third kappa shape index (κ3) is 6.50. The second-order valence-corrected chi connectivity index (χ2v) is 9.70. The highest BCUT2D eigenvalue weighted by atomic mass is 16.5. The summed E-state index contributed by atoms with van der Waals surface area (Å²) in [4.78, 5) is 20.2. The average Bonchev–Trinajstić information content (AvgIpc) is 2.91. The summed E-state index contributed by atoms with van der Waals surface area (Å²) in [6.45, 7) is 7.41. The Morgan fingerprint density at radius 3 is 1.94 bits per heavy atom. The Kier molecular flexibility index (Phi) is 7.76. The molecule has 0 atom stereocenters. The van der Waals surface area contributed by atoms with Crippen LogP contribution in [0.1, 0.15) is 24.0 Å². The monoisotopic (exact) mass is 469 g/mol. The molecule has 2 heterocycles. The quantitative estimate of drug-likeness (QED) is 0.486. The van der Waals surface area contributed by atoms with Crippen molar-refractivity contribution < 1.29 is 9.53 Å². The van der Waals surface area contributed by atoms with Crippen LogP contribution in [-0.2, 0) is 17.9 Å². The van der Waals surface area contributed by atoms with Gasteiger partial charge in [0.2, 0.25) is 5.91 Å². The molecule has 2 saturated heterocycles. The van der Waals surface area contributed by atoms with E-state index in [9.17, 15) is 4.79 Å². The highest BCUT2D eigenvalue weighted by Gasteiger charge is 2.30. The van der Waals surface area contributed by atoms with Crippen molar-refractivity contribution in [3.63, 3.8) is 0 Å². The summed E-state index contributed by atoms with van der Waals surface area (Å²) in [5.41, 5.74) is 2.59. The van der Waals surface area contributed by atoms with E-state index < -0.39 is 0 Å². The molecular weight excluding hydrogens is 434 g/mol. The lowest BCUT2D eigenvalue weighted by Crippen LogP contribution is -2.51. The van der Waals surface area contributed by atoms with Crippen LogP contribution in [-0.4, -0.2) is 59.9 Å². The van der Waals surface area contributed by atoms with Crippen LogP contribution in [0.2, 0.25) is 0 Å². The first-order valence-electron chi connectivity index (χ1n) is 12.8. The maximum absolute atomic E-state index is 13.2. The fraction of sp³-hybridized carbons (Fsp3) is 0.367. The van der Waals surface area contributed by atoms with E-state index >= 15 is 0 Å². The van der Waals surface area contributed by atoms with Crippen LogP contribution < -0.4 is 4.74 Å². The Morgan fingerprint density at radius 1 is 0.657 bits per heavy atom. The average molecular weight is 470 g/mol. The molecule has 0 saturated carbocycles. The second kappa shape index (κ2) is 11.5. The van der Waals surface area contributed by atoms with E-state index in [0.717, 1.165) is 76.7 Å². The Labute approximate surface area is 208 Å². The van der Waals surface area contributed by atoms with Gasteiger partial charge in [-0.15, -0.1) is 0 Å². The number of hydrogen-bond donors (Lipinski definition) is 0. The van der Waals surface area contributed by atoms with Crippen LogP contribution in [0.25, 0.3) is 0 Å². The molecule has 182 valence electrons. The second-order valence-electron chi connectivity index (χ2n) is 9.70. The number of carbonyl (C=O) groups is 1. The molecular formula is C30H35N3O2. The van der Waals surface area contributed by atoms with Gasteiger partial charge in [0.15, 0.2) is 0 Å². The van der Waals surface area contributed by atoms with E-state index in [4.69, 9.17) is 4.74 Å². The van der Waals surface area contributed by atoms with E-state index in [2.05, 4.69) is 63.2 Å². The van der Waals surface area contributed by atoms with Gasteiger partial charge in [0, 0.05) is 45.2 Å². The smallest absolute Gasteiger partial charge is 0.225 e. The number of amides is 1. The summed E-state index contributed by atoms with van der Waals surface area (Å²) in [6.07, 6.45) is 1.90. The van der Waals surface area contributed by atoms with E-state index in [1.54, 1.807) is 0 Å². The zero-order chi connectivity index (χ0) is 23.9. The topological polar surface area (TPSA) is 36.0 Å². The predicted octanol–water partition coefficient (Wildman–Crippen LogP) is 5.04. The molecule has 3 aromatic carbocycles. The standard InChI is InChI=1S/C30H35N3O2/c34-30(33-20-18-32(19-21-33)23-25-8-3-1-4-9-25)27-14-16-31(17-15-27)24-26-10-7-13-29(22-26)35-28-11-5-2-6-12-28/h1-13,22,27H,14-21,23-24H2. The van der Waals surface area contributed by atoms with Gasteiger partial charge in [-0.2, -0.15) is 0 Å². The molecule has 0 unspecified atom stereocenters. The Balaban J connectivity index is 1.06. The fourth-order valence-electron chi connectivity index (χ4n) is 5.15. The van der Waals surface area contributed by atoms with Crippen molar-refractivity contribution in [2.24, 2.45) is 5.92 Å². The van der Waals surface area contributed by atoms with E-state index in [0.29, 0.717) is 5.91 Å². The lowest BCUT2D eigenvalue weighted by molar-refractivity contribution is -0.139. The van der Waals surface area contributed by atoms with E-state index in [1.165, 1.54) is 11.1 Å². The van der Waals surface area contributed by atoms with Crippen molar-refractivity contribution in [1.82, 2.24) is 14.7 Å². The van der Waals surface area contributed by atoms with E-state index in [1.807, 2.05) is 36.4 Å². The van der Waals surface area contributed by atoms with Gasteiger partial charge in [0.1, 0.15) is 11.5 Å². The number of piperazine rings is 1. The molecule has 2 aliphatic heterocycles. The largest absolute Gasteiger partial charge is 0.457 e. The highest BCUT2D eigenvalue weighted by molar-refractivity contribution is 5.79. The molecule has 0 bridgehead atoms. The molecule has 5 nitrogen and oxygen atoms in total. The minimum atomic E-state index is 0.166. The Bertz CT molecular complexity index is 1070. The molecule has 0 N–H and O–H groups in total. The van der Waals surface area contributed by atoms with Crippen LogP contribution in [0.3, 0.4) is 0 Å². The number of likely N-dealkylation sites (tertiary alicyclic amines) is 1. The summed E-state index contributed by atoms with van der Waals surface area (Å²) in [7, 11) is 0. The number of piperidine rings is 1. The molecule has 3 aromatic rings. The van der Waals surface area contributed by atoms with Crippen molar-refractivity contribution in [3.05, 3.63) is 96.1 Å². The van der Waals surface area contributed by atoms with Gasteiger partial charge in [0.05, 0.1) is 0 Å². The summed E-state index contributed by atoms with van der Waals surface area (Å²) in [5.74, 6) is 2.25. The van der Waals surface area contributed by atoms with Crippen LogP contribution in [0.4, 0.5) is 0 Å². The highest BCUT2D eigenvalue weighted by Crippen LogP contribution is 2.25. The number of benzene rings is 3. The van der Waals surface area contributed by atoms with Crippen LogP contribution >= 0.6 is 0 Å². The first-order valence-corrected chi connectivity index (χ1v) is 12.8. The van der Waals surface area contributed by atoms with Gasteiger partial charge in [-0.25, -0.2) is 0 Å². The maximum Gasteiger partial charge on any atom is 0.225 e.